The fourth-order valence-electron chi connectivity index (χ4n) is 3.60. The second-order valence-electron chi connectivity index (χ2n) is 6.87. The minimum atomic E-state index is -0.322. The van der Waals surface area contributed by atoms with E-state index < -0.39 is 0 Å². The summed E-state index contributed by atoms with van der Waals surface area (Å²) >= 11 is 1.20. The summed E-state index contributed by atoms with van der Waals surface area (Å²) in [5, 5.41) is 2.81. The number of ether oxygens (including phenoxy) is 1. The molecule has 0 spiro atoms. The van der Waals surface area contributed by atoms with Crippen molar-refractivity contribution >= 4 is 34.2 Å². The van der Waals surface area contributed by atoms with Crippen LogP contribution in [-0.2, 0) is 11.5 Å². The molecule has 30 heavy (non-hydrogen) atoms. The minimum Gasteiger partial charge on any atom is -0.494 e. The van der Waals surface area contributed by atoms with Crippen LogP contribution in [0.15, 0.2) is 52.3 Å². The number of hydrogen-bond donors (Lipinski definition) is 1. The van der Waals surface area contributed by atoms with Crippen molar-refractivity contribution in [1.82, 2.24) is 4.57 Å². The fraction of sp³-hybridized carbons (Fsp3) is 0.190. The lowest BCUT2D eigenvalue weighted by Crippen LogP contribution is -2.43. The van der Waals surface area contributed by atoms with Gasteiger partial charge >= 0.3 is 0 Å². The first-order chi connectivity index (χ1) is 14.5. The first-order valence-corrected chi connectivity index (χ1v) is 10.2. The fourth-order valence-corrected chi connectivity index (χ4v) is 4.66. The third-order valence-corrected chi connectivity index (χ3v) is 6.13. The number of carbonyl (C=O) groups excluding carboxylic acids is 1. The summed E-state index contributed by atoms with van der Waals surface area (Å²) in [6.45, 7) is 3.01. The molecule has 0 bridgehead atoms. The van der Waals surface area contributed by atoms with Gasteiger partial charge in [-0.3, -0.25) is 14.2 Å². The quantitative estimate of drug-likeness (QED) is 0.694. The standard InChI is InChI=1S/C21H17FN4O3S/c1-2-29-14-7-8-16-15(9-14)17(19(27)24-16)18-20(28)26-11-25(10-23-21(26)30-18)13-5-3-12(22)4-6-13/h3-9H,2,10-11H2,1H3,(H,24,27)/b18-17-. The van der Waals surface area contributed by atoms with Gasteiger partial charge in [0, 0.05) is 16.9 Å². The van der Waals surface area contributed by atoms with Crippen molar-refractivity contribution in [2.45, 2.75) is 13.6 Å². The van der Waals surface area contributed by atoms with Crippen molar-refractivity contribution in [3.63, 3.8) is 0 Å². The second kappa shape index (κ2) is 7.10. The molecule has 1 amide bonds. The molecule has 0 aliphatic carbocycles. The van der Waals surface area contributed by atoms with Gasteiger partial charge in [0.2, 0.25) is 0 Å². The highest BCUT2D eigenvalue weighted by Crippen LogP contribution is 2.33. The number of carbonyl (C=O) groups is 1. The van der Waals surface area contributed by atoms with Crippen molar-refractivity contribution in [2.24, 2.45) is 4.99 Å². The summed E-state index contributed by atoms with van der Waals surface area (Å²) in [5.74, 6) is 0.00119. The van der Waals surface area contributed by atoms with E-state index in [1.807, 2.05) is 11.8 Å². The lowest BCUT2D eigenvalue weighted by Gasteiger charge is -2.25. The number of fused-ring (bicyclic) bond motifs is 2. The summed E-state index contributed by atoms with van der Waals surface area (Å²) < 4.78 is 20.7. The summed E-state index contributed by atoms with van der Waals surface area (Å²) in [6.07, 6.45) is 0. The van der Waals surface area contributed by atoms with E-state index in [2.05, 4.69) is 10.3 Å². The van der Waals surface area contributed by atoms with Gasteiger partial charge in [-0.25, -0.2) is 9.38 Å². The predicted molar refractivity (Wildman–Crippen MR) is 112 cm³/mol. The van der Waals surface area contributed by atoms with Crippen LogP contribution in [0, 0.1) is 5.82 Å². The van der Waals surface area contributed by atoms with Gasteiger partial charge in [-0.05, 0) is 49.4 Å². The summed E-state index contributed by atoms with van der Waals surface area (Å²) in [6, 6.07) is 11.4. The molecule has 0 atom stereocenters. The van der Waals surface area contributed by atoms with Crippen molar-refractivity contribution in [2.75, 3.05) is 23.5 Å². The molecular weight excluding hydrogens is 407 g/mol. The van der Waals surface area contributed by atoms with Gasteiger partial charge in [-0.2, -0.15) is 0 Å². The number of rotatable bonds is 3. The van der Waals surface area contributed by atoms with Gasteiger partial charge in [-0.1, -0.05) is 11.3 Å². The van der Waals surface area contributed by atoms with Gasteiger partial charge in [0.1, 0.15) is 29.4 Å². The van der Waals surface area contributed by atoms with Crippen LogP contribution in [0.4, 0.5) is 15.8 Å². The van der Waals surface area contributed by atoms with Crippen LogP contribution in [-0.4, -0.2) is 23.7 Å². The maximum Gasteiger partial charge on any atom is 0.272 e. The molecular formula is C21H17FN4O3S. The SMILES string of the molecule is CCOc1ccc2c(c1)/C(=c1/sc3n(c1=O)CN(c1ccc(F)cc1)CN=3)C(=O)N2. The Morgan fingerprint density at radius 1 is 1.20 bits per heavy atom. The molecule has 0 saturated heterocycles. The number of benzene rings is 2. The van der Waals surface area contributed by atoms with E-state index >= 15 is 0 Å². The first kappa shape index (κ1) is 18.6. The molecule has 0 unspecified atom stereocenters. The molecule has 1 N–H and O–H groups in total. The maximum absolute atomic E-state index is 13.2. The summed E-state index contributed by atoms with van der Waals surface area (Å²) in [7, 11) is 0. The highest BCUT2D eigenvalue weighted by molar-refractivity contribution is 7.07. The number of amides is 1. The molecule has 152 valence electrons. The number of thiazole rings is 1. The van der Waals surface area contributed by atoms with E-state index in [0.29, 0.717) is 45.2 Å². The van der Waals surface area contributed by atoms with E-state index in [1.54, 1.807) is 30.3 Å². The maximum atomic E-state index is 13.2. The Morgan fingerprint density at radius 3 is 2.77 bits per heavy atom. The normalized spacial score (nSPS) is 16.6. The van der Waals surface area contributed by atoms with E-state index in [4.69, 9.17) is 4.74 Å². The van der Waals surface area contributed by atoms with Gasteiger partial charge < -0.3 is 15.0 Å². The van der Waals surface area contributed by atoms with Crippen molar-refractivity contribution < 1.29 is 13.9 Å². The smallest absolute Gasteiger partial charge is 0.272 e. The third kappa shape index (κ3) is 2.98. The van der Waals surface area contributed by atoms with E-state index in [-0.39, 0.29) is 24.0 Å². The molecule has 2 aromatic carbocycles. The Kier molecular flexibility index (Phi) is 4.39. The Balaban J connectivity index is 1.62. The zero-order chi connectivity index (χ0) is 20.8. The minimum absolute atomic E-state index is 0.273. The molecule has 1 aromatic heterocycles. The molecule has 2 aliphatic rings. The molecule has 2 aliphatic heterocycles. The van der Waals surface area contributed by atoms with Crippen LogP contribution >= 0.6 is 11.3 Å². The van der Waals surface area contributed by atoms with E-state index in [1.165, 1.54) is 28.0 Å². The molecule has 5 rings (SSSR count). The van der Waals surface area contributed by atoms with Gasteiger partial charge in [0.15, 0.2) is 4.80 Å². The highest BCUT2D eigenvalue weighted by atomic mass is 32.1. The lowest BCUT2D eigenvalue weighted by atomic mass is 10.1. The molecule has 0 radical (unpaired) electrons. The van der Waals surface area contributed by atoms with Gasteiger partial charge in [-0.15, -0.1) is 0 Å². The molecule has 7 nitrogen and oxygen atoms in total. The molecule has 0 fully saturated rings. The van der Waals surface area contributed by atoms with Crippen LogP contribution in [0.25, 0.3) is 5.57 Å². The highest BCUT2D eigenvalue weighted by Gasteiger charge is 2.28. The Morgan fingerprint density at radius 2 is 2.00 bits per heavy atom. The van der Waals surface area contributed by atoms with Crippen LogP contribution in [0.1, 0.15) is 12.5 Å². The molecule has 3 heterocycles. The topological polar surface area (TPSA) is 75.9 Å². The van der Waals surface area contributed by atoms with E-state index in [0.717, 1.165) is 5.69 Å². The molecule has 3 aromatic rings. The molecule has 9 heteroatoms. The zero-order valence-corrected chi connectivity index (χ0v) is 16.8. The van der Waals surface area contributed by atoms with Gasteiger partial charge in [0.05, 0.1) is 12.2 Å². The van der Waals surface area contributed by atoms with Crippen molar-refractivity contribution in [3.8, 4) is 5.75 Å². The van der Waals surface area contributed by atoms with Crippen molar-refractivity contribution in [3.05, 3.63) is 73.5 Å². The average molecular weight is 424 g/mol. The van der Waals surface area contributed by atoms with Crippen LogP contribution < -0.4 is 29.8 Å². The number of halogens is 1. The van der Waals surface area contributed by atoms with Crippen LogP contribution in [0.2, 0.25) is 0 Å². The third-order valence-electron chi connectivity index (χ3n) is 5.02. The number of nitrogens with zero attached hydrogens (tertiary/aromatic N) is 3. The molecule has 0 saturated carbocycles. The Labute approximate surface area is 174 Å². The Hall–Kier alpha value is -3.46. The first-order valence-electron chi connectivity index (χ1n) is 9.42. The largest absolute Gasteiger partial charge is 0.494 e. The summed E-state index contributed by atoms with van der Waals surface area (Å²) in [5.41, 5.74) is 2.14. The monoisotopic (exact) mass is 424 g/mol. The number of anilines is 2. The number of hydrogen-bond acceptors (Lipinski definition) is 6. The van der Waals surface area contributed by atoms with Crippen LogP contribution in [0.3, 0.4) is 0 Å². The van der Waals surface area contributed by atoms with Crippen molar-refractivity contribution in [1.29, 1.82) is 0 Å². The van der Waals surface area contributed by atoms with Gasteiger partial charge in [0.25, 0.3) is 11.5 Å². The Bertz CT molecular complexity index is 1340. The zero-order valence-electron chi connectivity index (χ0n) is 16.0. The van der Waals surface area contributed by atoms with E-state index in [9.17, 15) is 14.0 Å². The summed E-state index contributed by atoms with van der Waals surface area (Å²) in [4.78, 5) is 32.8. The predicted octanol–water partition coefficient (Wildman–Crippen LogP) is 1.65. The van der Waals surface area contributed by atoms with Crippen LogP contribution in [0.5, 0.6) is 5.75 Å². The lowest BCUT2D eigenvalue weighted by molar-refractivity contribution is -0.110. The number of aromatic nitrogens is 1. The second-order valence-corrected chi connectivity index (χ2v) is 7.85. The average Bonchev–Trinajstić information content (AvgIpc) is 3.24. The number of nitrogens with one attached hydrogen (secondary N) is 1.